The third-order valence-corrected chi connectivity index (χ3v) is 8.53. The number of phenols is 1. The van der Waals surface area contributed by atoms with Crippen LogP contribution in [-0.2, 0) is 10.0 Å². The number of carbonyl (C=O) groups is 1. The standard InChI is InChI=1S/C28H32F2N4O6S/c29-25-2-1-3-26(30)27(25)33-28(37)32-20-4-10-24(11-5-20)41(38,39)34-14-12-19(13-15-34)16-31-17-22(36)18-40-23-8-6-21(35)7-9-23/h1-11,19,22,31,35-36H,12-18H2,(H2,32,33,37)/t22-/m0/s1. The molecule has 10 nitrogen and oxygen atoms in total. The summed E-state index contributed by atoms with van der Waals surface area (Å²) < 4.78 is 60.6. The minimum atomic E-state index is -3.75. The summed E-state index contributed by atoms with van der Waals surface area (Å²) in [6.45, 7) is 1.74. The van der Waals surface area contributed by atoms with Crippen LogP contribution in [0.15, 0.2) is 71.6 Å². The normalized spacial score (nSPS) is 15.3. The van der Waals surface area contributed by atoms with Crippen molar-refractivity contribution in [1.29, 1.82) is 0 Å². The first-order chi connectivity index (χ1) is 19.6. The molecule has 41 heavy (non-hydrogen) atoms. The number of rotatable bonds is 11. The highest BCUT2D eigenvalue weighted by molar-refractivity contribution is 7.89. The Hall–Kier alpha value is -3.78. The summed E-state index contributed by atoms with van der Waals surface area (Å²) in [6.07, 6.45) is 0.575. The number of aromatic hydroxyl groups is 1. The van der Waals surface area contributed by atoms with Gasteiger partial charge in [-0.25, -0.2) is 22.0 Å². The monoisotopic (exact) mass is 590 g/mol. The zero-order valence-corrected chi connectivity index (χ0v) is 22.9. The number of benzene rings is 3. The van der Waals surface area contributed by atoms with Gasteiger partial charge in [0.1, 0.15) is 41.5 Å². The van der Waals surface area contributed by atoms with Gasteiger partial charge in [-0.05, 0) is 86.0 Å². The van der Waals surface area contributed by atoms with E-state index in [1.54, 1.807) is 12.1 Å². The van der Waals surface area contributed by atoms with E-state index >= 15 is 0 Å². The molecule has 0 aliphatic carbocycles. The van der Waals surface area contributed by atoms with Gasteiger partial charge in [0.15, 0.2) is 0 Å². The van der Waals surface area contributed by atoms with E-state index in [1.165, 1.54) is 46.8 Å². The molecule has 220 valence electrons. The molecule has 1 saturated heterocycles. The molecule has 0 saturated carbocycles. The van der Waals surface area contributed by atoms with Crippen LogP contribution >= 0.6 is 0 Å². The predicted octanol–water partition coefficient (Wildman–Crippen LogP) is 3.74. The largest absolute Gasteiger partial charge is 0.508 e. The van der Waals surface area contributed by atoms with E-state index in [1.807, 2.05) is 0 Å². The topological polar surface area (TPSA) is 140 Å². The number of ether oxygens (including phenoxy) is 1. The maximum absolute atomic E-state index is 13.7. The minimum absolute atomic E-state index is 0.0666. The lowest BCUT2D eigenvalue weighted by atomic mass is 9.98. The molecule has 0 bridgehead atoms. The molecule has 0 aromatic heterocycles. The molecule has 3 aromatic carbocycles. The highest BCUT2D eigenvalue weighted by Crippen LogP contribution is 2.25. The van der Waals surface area contributed by atoms with Gasteiger partial charge in [0, 0.05) is 25.3 Å². The Morgan fingerprint density at radius 2 is 1.61 bits per heavy atom. The smallest absolute Gasteiger partial charge is 0.323 e. The van der Waals surface area contributed by atoms with Crippen molar-refractivity contribution in [3.05, 3.63) is 78.4 Å². The quantitative estimate of drug-likeness (QED) is 0.229. The number of carbonyl (C=O) groups excluding carboxylic acids is 1. The zero-order valence-electron chi connectivity index (χ0n) is 22.1. The average molecular weight is 591 g/mol. The number of amides is 2. The second-order valence-corrected chi connectivity index (χ2v) is 11.6. The van der Waals surface area contributed by atoms with E-state index in [-0.39, 0.29) is 28.9 Å². The summed E-state index contributed by atoms with van der Waals surface area (Å²) in [6, 6.07) is 14.1. The van der Waals surface area contributed by atoms with Crippen molar-refractivity contribution < 1.29 is 36.9 Å². The molecule has 4 rings (SSSR count). The van der Waals surface area contributed by atoms with Crippen LogP contribution in [0.5, 0.6) is 11.5 Å². The van der Waals surface area contributed by atoms with Crippen LogP contribution in [0.2, 0.25) is 0 Å². The van der Waals surface area contributed by atoms with E-state index in [9.17, 15) is 32.2 Å². The molecule has 0 unspecified atom stereocenters. The molecule has 0 spiro atoms. The first kappa shape index (κ1) is 30.2. The van der Waals surface area contributed by atoms with Crippen molar-refractivity contribution in [2.45, 2.75) is 23.8 Å². The summed E-state index contributed by atoms with van der Waals surface area (Å²) in [7, 11) is -3.75. The Labute approximate surface area is 237 Å². The Bertz CT molecular complexity index is 1400. The third-order valence-electron chi connectivity index (χ3n) is 6.62. The van der Waals surface area contributed by atoms with Gasteiger partial charge in [-0.15, -0.1) is 0 Å². The number of para-hydroxylation sites is 1. The number of nitrogens with one attached hydrogen (secondary N) is 3. The number of sulfonamides is 1. The van der Waals surface area contributed by atoms with Crippen LogP contribution in [0.3, 0.4) is 0 Å². The maximum atomic E-state index is 13.7. The number of anilines is 2. The lowest BCUT2D eigenvalue weighted by Gasteiger charge is -2.31. The summed E-state index contributed by atoms with van der Waals surface area (Å²) in [4.78, 5) is 12.2. The summed E-state index contributed by atoms with van der Waals surface area (Å²) >= 11 is 0. The Morgan fingerprint density at radius 1 is 0.976 bits per heavy atom. The molecule has 2 amide bonds. The SMILES string of the molecule is O=C(Nc1ccc(S(=O)(=O)N2CCC(CNC[C@H](O)COc3ccc(O)cc3)CC2)cc1)Nc1c(F)cccc1F. The number of nitrogens with zero attached hydrogens (tertiary/aromatic N) is 1. The van der Waals surface area contributed by atoms with Crippen molar-refractivity contribution in [2.75, 3.05) is 43.4 Å². The molecule has 1 aliphatic heterocycles. The van der Waals surface area contributed by atoms with Crippen LogP contribution in [-0.4, -0.2) is 67.9 Å². The molecule has 1 heterocycles. The number of aliphatic hydroxyl groups excluding tert-OH is 1. The first-order valence-corrected chi connectivity index (χ1v) is 14.5. The predicted molar refractivity (Wildman–Crippen MR) is 149 cm³/mol. The molecule has 0 radical (unpaired) electrons. The zero-order chi connectivity index (χ0) is 29.4. The number of halogens is 2. The van der Waals surface area contributed by atoms with Crippen LogP contribution in [0.1, 0.15) is 12.8 Å². The molecule has 1 aliphatic rings. The van der Waals surface area contributed by atoms with Gasteiger partial charge in [-0.3, -0.25) is 0 Å². The number of hydrogen-bond donors (Lipinski definition) is 5. The summed E-state index contributed by atoms with van der Waals surface area (Å²) in [5, 5.41) is 27.2. The first-order valence-electron chi connectivity index (χ1n) is 13.0. The molecular formula is C28H32F2N4O6S. The van der Waals surface area contributed by atoms with E-state index in [0.717, 1.165) is 12.1 Å². The van der Waals surface area contributed by atoms with E-state index < -0.39 is 39.5 Å². The minimum Gasteiger partial charge on any atom is -0.508 e. The van der Waals surface area contributed by atoms with Crippen LogP contribution in [0.4, 0.5) is 25.0 Å². The van der Waals surface area contributed by atoms with Crippen molar-refractivity contribution in [1.82, 2.24) is 9.62 Å². The fraction of sp³-hybridized carbons (Fsp3) is 0.321. The van der Waals surface area contributed by atoms with E-state index in [0.29, 0.717) is 44.8 Å². The van der Waals surface area contributed by atoms with E-state index in [4.69, 9.17) is 4.74 Å². The van der Waals surface area contributed by atoms with Crippen LogP contribution < -0.4 is 20.7 Å². The lowest BCUT2D eigenvalue weighted by Crippen LogP contribution is -2.42. The lowest BCUT2D eigenvalue weighted by molar-refractivity contribution is 0.104. The van der Waals surface area contributed by atoms with Crippen molar-refractivity contribution in [3.8, 4) is 11.5 Å². The van der Waals surface area contributed by atoms with Gasteiger partial charge in [0.2, 0.25) is 10.0 Å². The average Bonchev–Trinajstić information content (AvgIpc) is 2.95. The second kappa shape index (κ2) is 13.7. The van der Waals surface area contributed by atoms with E-state index in [2.05, 4.69) is 16.0 Å². The number of aliphatic hydroxyl groups is 1. The second-order valence-electron chi connectivity index (χ2n) is 9.66. The van der Waals surface area contributed by atoms with Gasteiger partial charge in [-0.2, -0.15) is 4.31 Å². The number of phenolic OH excluding ortho intramolecular Hbond substituents is 1. The van der Waals surface area contributed by atoms with Gasteiger partial charge in [-0.1, -0.05) is 6.07 Å². The van der Waals surface area contributed by atoms with Crippen LogP contribution in [0.25, 0.3) is 0 Å². The van der Waals surface area contributed by atoms with Gasteiger partial charge >= 0.3 is 6.03 Å². The highest BCUT2D eigenvalue weighted by Gasteiger charge is 2.29. The molecule has 1 fully saturated rings. The van der Waals surface area contributed by atoms with Crippen LogP contribution in [0, 0.1) is 17.6 Å². The fourth-order valence-corrected chi connectivity index (χ4v) is 5.82. The third kappa shape index (κ3) is 8.36. The van der Waals surface area contributed by atoms with Crippen molar-refractivity contribution >= 4 is 27.4 Å². The molecule has 3 aromatic rings. The Kier molecular flexibility index (Phi) is 10.1. The molecule has 1 atom stereocenters. The van der Waals surface area contributed by atoms with Gasteiger partial charge in [0.05, 0.1) is 4.90 Å². The summed E-state index contributed by atoms with van der Waals surface area (Å²) in [5.41, 5.74) is -0.336. The molecule has 5 N–H and O–H groups in total. The fourth-order valence-electron chi connectivity index (χ4n) is 4.35. The summed E-state index contributed by atoms with van der Waals surface area (Å²) in [5.74, 6) is -0.918. The number of piperidine rings is 1. The van der Waals surface area contributed by atoms with Crippen molar-refractivity contribution in [3.63, 3.8) is 0 Å². The van der Waals surface area contributed by atoms with Gasteiger partial charge in [0.25, 0.3) is 0 Å². The Morgan fingerprint density at radius 3 is 2.24 bits per heavy atom. The Balaban J connectivity index is 1.19. The highest BCUT2D eigenvalue weighted by atomic mass is 32.2. The molecule has 13 heteroatoms. The number of hydrogen-bond acceptors (Lipinski definition) is 7. The number of urea groups is 1. The van der Waals surface area contributed by atoms with Gasteiger partial charge < -0.3 is 30.9 Å². The maximum Gasteiger partial charge on any atom is 0.323 e. The van der Waals surface area contributed by atoms with Crippen molar-refractivity contribution in [2.24, 2.45) is 5.92 Å². The molecular weight excluding hydrogens is 558 g/mol.